The van der Waals surface area contributed by atoms with Crippen LogP contribution in [0.25, 0.3) is 114 Å². The second kappa shape index (κ2) is 12.1. The fourth-order valence-corrected chi connectivity index (χ4v) is 10.9. The molecular weight excluding hydrogens is 723 g/mol. The van der Waals surface area contributed by atoms with Crippen LogP contribution < -0.4 is 0 Å². The Kier molecular flexibility index (Phi) is 6.60. The monoisotopic (exact) mass is 755 g/mol. The average molecular weight is 756 g/mol. The average Bonchev–Trinajstić information content (AvgIpc) is 4.03. The van der Waals surface area contributed by atoms with E-state index in [1.165, 1.54) is 102 Å². The molecule has 0 aliphatic heterocycles. The summed E-state index contributed by atoms with van der Waals surface area (Å²) in [6, 6.07) is 73.8. The molecule has 9 aromatic carbocycles. The number of rotatable bonds is 4. The maximum atomic E-state index is 2.48. The Bertz CT molecular complexity index is 3710. The number of benzene rings is 9. The van der Waals surface area contributed by atoms with Crippen LogP contribution in [-0.4, -0.2) is 13.7 Å². The maximum absolute atomic E-state index is 2.48. The predicted molar refractivity (Wildman–Crippen MR) is 248 cm³/mol. The van der Waals surface area contributed by atoms with E-state index in [1.54, 1.807) is 0 Å². The van der Waals surface area contributed by atoms with E-state index in [1.807, 2.05) is 11.3 Å². The largest absolute Gasteiger partial charge is 0.309 e. The van der Waals surface area contributed by atoms with Crippen molar-refractivity contribution in [3.8, 4) is 28.2 Å². The van der Waals surface area contributed by atoms with Crippen LogP contribution in [0.15, 0.2) is 200 Å². The highest BCUT2D eigenvalue weighted by atomic mass is 32.1. The lowest BCUT2D eigenvalue weighted by atomic mass is 9.99. The molecule has 0 aliphatic carbocycles. The van der Waals surface area contributed by atoms with Crippen LogP contribution in [0, 0.1) is 0 Å². The van der Waals surface area contributed by atoms with Gasteiger partial charge in [0.15, 0.2) is 0 Å². The van der Waals surface area contributed by atoms with E-state index >= 15 is 0 Å². The van der Waals surface area contributed by atoms with E-state index in [9.17, 15) is 0 Å². The molecule has 13 rings (SSSR count). The van der Waals surface area contributed by atoms with Crippen molar-refractivity contribution in [1.29, 1.82) is 0 Å². The SMILES string of the molecule is c1ccc2c(c1)sc1cccc(-n3c4ccccc4c4cc(-c5cc(-n6c7ccccc7c7ccccc76)ccc5-n5c6ccccc6c6ccccc65)ccc43)c12. The molecule has 0 atom stereocenters. The van der Waals surface area contributed by atoms with Crippen LogP contribution in [0.1, 0.15) is 0 Å². The second-order valence-corrected chi connectivity index (χ2v) is 16.4. The minimum Gasteiger partial charge on any atom is -0.309 e. The molecule has 4 heteroatoms. The summed E-state index contributed by atoms with van der Waals surface area (Å²) in [7, 11) is 0. The van der Waals surface area contributed by atoms with Crippen LogP contribution >= 0.6 is 11.3 Å². The number of hydrogen-bond donors (Lipinski definition) is 0. The van der Waals surface area contributed by atoms with Gasteiger partial charge in [-0.3, -0.25) is 0 Å². The Morgan fingerprint density at radius 1 is 0.293 bits per heavy atom. The molecule has 3 nitrogen and oxygen atoms in total. The number of hydrogen-bond acceptors (Lipinski definition) is 1. The van der Waals surface area contributed by atoms with Crippen molar-refractivity contribution in [2.45, 2.75) is 0 Å². The van der Waals surface area contributed by atoms with Crippen molar-refractivity contribution >= 4 is 96.9 Å². The van der Waals surface area contributed by atoms with Gasteiger partial charge >= 0.3 is 0 Å². The quantitative estimate of drug-likeness (QED) is 0.170. The van der Waals surface area contributed by atoms with Crippen LogP contribution in [0.4, 0.5) is 0 Å². The zero-order valence-electron chi connectivity index (χ0n) is 31.3. The van der Waals surface area contributed by atoms with Gasteiger partial charge in [0.05, 0.1) is 44.5 Å². The van der Waals surface area contributed by atoms with Gasteiger partial charge in [0, 0.05) is 63.7 Å². The summed E-state index contributed by atoms with van der Waals surface area (Å²) in [5.41, 5.74) is 13.1. The first-order valence-corrected chi connectivity index (χ1v) is 20.7. The molecule has 0 aliphatic rings. The summed E-state index contributed by atoms with van der Waals surface area (Å²) in [6.07, 6.45) is 0. The first-order valence-electron chi connectivity index (χ1n) is 19.9. The standard InChI is InChI=1S/C54H33N3S/c1-7-20-44-36(14-1)37-15-2-8-21-45(37)55(44)35-29-31-49(56-46-22-9-3-16-38(46)39-17-4-10-23-47(39)56)42(33-35)34-28-30-50-43(32-34)40-18-5-11-24-48(40)57(50)51-25-13-27-53-54(51)41-19-6-12-26-52(41)58-53/h1-33H. The van der Waals surface area contributed by atoms with E-state index in [4.69, 9.17) is 0 Å². The lowest BCUT2D eigenvalue weighted by Crippen LogP contribution is -2.01. The lowest BCUT2D eigenvalue weighted by Gasteiger charge is -2.18. The van der Waals surface area contributed by atoms with Crippen LogP contribution in [0.5, 0.6) is 0 Å². The minimum atomic E-state index is 1.13. The van der Waals surface area contributed by atoms with E-state index in [-0.39, 0.29) is 0 Å². The van der Waals surface area contributed by atoms with Gasteiger partial charge in [-0.15, -0.1) is 11.3 Å². The molecule has 4 heterocycles. The highest BCUT2D eigenvalue weighted by Crippen LogP contribution is 2.44. The summed E-state index contributed by atoms with van der Waals surface area (Å²) in [6.45, 7) is 0. The minimum absolute atomic E-state index is 1.13. The molecule has 13 aromatic rings. The molecule has 0 amide bonds. The third kappa shape index (κ3) is 4.38. The molecule has 58 heavy (non-hydrogen) atoms. The van der Waals surface area contributed by atoms with Crippen molar-refractivity contribution < 1.29 is 0 Å². The van der Waals surface area contributed by atoms with Gasteiger partial charge in [-0.2, -0.15) is 0 Å². The molecular formula is C54H33N3S. The first kappa shape index (κ1) is 31.8. The predicted octanol–water partition coefficient (Wildman–Crippen LogP) is 15.0. The highest BCUT2D eigenvalue weighted by Gasteiger charge is 2.21. The molecule has 0 spiro atoms. The van der Waals surface area contributed by atoms with Crippen LogP contribution in [0.2, 0.25) is 0 Å². The topological polar surface area (TPSA) is 14.8 Å². The van der Waals surface area contributed by atoms with E-state index in [0.717, 1.165) is 11.4 Å². The third-order valence-corrected chi connectivity index (χ3v) is 13.4. The van der Waals surface area contributed by atoms with Crippen LogP contribution in [-0.2, 0) is 0 Å². The van der Waals surface area contributed by atoms with E-state index in [0.29, 0.717) is 0 Å². The van der Waals surface area contributed by atoms with Gasteiger partial charge in [-0.05, 0) is 84.4 Å². The summed E-state index contributed by atoms with van der Waals surface area (Å²) in [4.78, 5) is 0. The lowest BCUT2D eigenvalue weighted by molar-refractivity contribution is 1.15. The van der Waals surface area contributed by atoms with Gasteiger partial charge in [0.2, 0.25) is 0 Å². The fourth-order valence-electron chi connectivity index (χ4n) is 9.81. The van der Waals surface area contributed by atoms with Gasteiger partial charge in [0.25, 0.3) is 0 Å². The number of para-hydroxylation sites is 5. The Morgan fingerprint density at radius 3 is 1.36 bits per heavy atom. The van der Waals surface area contributed by atoms with Crippen LogP contribution in [0.3, 0.4) is 0 Å². The van der Waals surface area contributed by atoms with Gasteiger partial charge in [-0.1, -0.05) is 121 Å². The number of thiophene rings is 1. The molecule has 0 radical (unpaired) electrons. The first-order chi connectivity index (χ1) is 28.8. The normalized spacial score (nSPS) is 12.1. The molecule has 0 fully saturated rings. The van der Waals surface area contributed by atoms with E-state index < -0.39 is 0 Å². The number of aromatic nitrogens is 3. The molecule has 0 bridgehead atoms. The number of nitrogens with zero attached hydrogens (tertiary/aromatic N) is 3. The Hall–Kier alpha value is -7.40. The van der Waals surface area contributed by atoms with Gasteiger partial charge < -0.3 is 13.7 Å². The molecule has 0 unspecified atom stereocenters. The van der Waals surface area contributed by atoms with Crippen molar-refractivity contribution in [2.24, 2.45) is 0 Å². The molecule has 270 valence electrons. The smallest absolute Gasteiger partial charge is 0.0555 e. The molecule has 0 saturated heterocycles. The number of fused-ring (bicyclic) bond motifs is 12. The Labute approximate surface area is 337 Å². The molecule has 4 aromatic heterocycles. The second-order valence-electron chi connectivity index (χ2n) is 15.3. The molecule has 0 saturated carbocycles. The van der Waals surface area contributed by atoms with Gasteiger partial charge in [-0.25, -0.2) is 0 Å². The summed E-state index contributed by atoms with van der Waals surface area (Å²) >= 11 is 1.87. The fraction of sp³-hybridized carbons (Fsp3) is 0. The third-order valence-electron chi connectivity index (χ3n) is 12.2. The highest BCUT2D eigenvalue weighted by molar-refractivity contribution is 7.25. The zero-order valence-corrected chi connectivity index (χ0v) is 32.1. The van der Waals surface area contributed by atoms with E-state index in [2.05, 4.69) is 214 Å². The summed E-state index contributed by atoms with van der Waals surface area (Å²) in [5.74, 6) is 0. The zero-order chi connectivity index (χ0) is 37.9. The summed E-state index contributed by atoms with van der Waals surface area (Å²) in [5, 5.41) is 10.1. The van der Waals surface area contributed by atoms with Crippen molar-refractivity contribution in [1.82, 2.24) is 13.7 Å². The van der Waals surface area contributed by atoms with Crippen molar-refractivity contribution in [3.05, 3.63) is 200 Å². The van der Waals surface area contributed by atoms with Gasteiger partial charge in [0.1, 0.15) is 0 Å². The Morgan fingerprint density at radius 2 is 0.759 bits per heavy atom. The maximum Gasteiger partial charge on any atom is 0.0555 e. The van der Waals surface area contributed by atoms with Crippen molar-refractivity contribution in [3.63, 3.8) is 0 Å². The van der Waals surface area contributed by atoms with Crippen molar-refractivity contribution in [2.75, 3.05) is 0 Å². The molecule has 0 N–H and O–H groups in total. The summed E-state index contributed by atoms with van der Waals surface area (Å²) < 4.78 is 10.00. The Balaban J connectivity index is 1.12.